The van der Waals surface area contributed by atoms with E-state index in [9.17, 15) is 17.6 Å². The van der Waals surface area contributed by atoms with E-state index in [1.165, 1.54) is 60.4 Å². The van der Waals surface area contributed by atoms with Crippen molar-refractivity contribution in [3.8, 4) is 0 Å². The number of sulfonamides is 1. The topological polar surface area (TPSA) is 66.5 Å². The normalized spacial score (nSPS) is 11.1. The fraction of sp³-hybridized carbons (Fsp3) is 0.188. The van der Waals surface area contributed by atoms with Gasteiger partial charge in [-0.05, 0) is 55.5 Å². The van der Waals surface area contributed by atoms with E-state index >= 15 is 0 Å². The Morgan fingerprint density at radius 3 is 2.17 bits per heavy atom. The van der Waals surface area contributed by atoms with Crippen molar-refractivity contribution in [1.82, 2.24) is 0 Å². The summed E-state index contributed by atoms with van der Waals surface area (Å²) in [5.41, 5.74) is 1.36. The number of hydrogen-bond acceptors (Lipinski definition) is 3. The summed E-state index contributed by atoms with van der Waals surface area (Å²) in [6.07, 6.45) is 0. The Balaban J connectivity index is 2.15. The van der Waals surface area contributed by atoms with Crippen molar-refractivity contribution in [1.29, 1.82) is 0 Å². The molecule has 0 radical (unpaired) electrons. The molecule has 0 fully saturated rings. The lowest BCUT2D eigenvalue weighted by molar-refractivity contribution is 0.0993. The highest BCUT2D eigenvalue weighted by molar-refractivity contribution is 7.92. The molecule has 2 aromatic rings. The van der Waals surface area contributed by atoms with E-state index in [1.54, 1.807) is 7.05 Å². The van der Waals surface area contributed by atoms with Gasteiger partial charge in [-0.15, -0.1) is 0 Å². The Morgan fingerprint density at radius 2 is 1.65 bits per heavy atom. The molecule has 0 atom stereocenters. The highest BCUT2D eigenvalue weighted by atomic mass is 32.2. The summed E-state index contributed by atoms with van der Waals surface area (Å²) in [6, 6.07) is 11.7. The third-order valence-corrected chi connectivity index (χ3v) is 4.61. The van der Waals surface area contributed by atoms with Crippen LogP contribution >= 0.6 is 0 Å². The molecule has 7 heteroatoms. The molecule has 0 spiro atoms. The van der Waals surface area contributed by atoms with Gasteiger partial charge in [0.05, 0.1) is 5.75 Å². The molecule has 0 saturated carbocycles. The third-order valence-electron chi connectivity index (χ3n) is 3.30. The number of nitrogens with one attached hydrogen (secondary N) is 1. The molecule has 0 unspecified atom stereocenters. The first kappa shape index (κ1) is 17.0. The largest absolute Gasteiger partial charge is 0.311 e. The molecule has 0 aliphatic rings. The Morgan fingerprint density at radius 1 is 1.09 bits per heavy atom. The van der Waals surface area contributed by atoms with Crippen molar-refractivity contribution in [3.63, 3.8) is 0 Å². The number of carbonyl (C=O) groups is 1. The van der Waals surface area contributed by atoms with Crippen molar-refractivity contribution in [2.24, 2.45) is 0 Å². The molecule has 1 amide bonds. The van der Waals surface area contributed by atoms with Gasteiger partial charge in [0, 0.05) is 24.0 Å². The monoisotopic (exact) mass is 336 g/mol. The van der Waals surface area contributed by atoms with E-state index in [4.69, 9.17) is 0 Å². The highest BCUT2D eigenvalue weighted by Crippen LogP contribution is 2.18. The van der Waals surface area contributed by atoms with Gasteiger partial charge in [0.1, 0.15) is 5.82 Å². The number of amides is 1. The zero-order chi connectivity index (χ0) is 17.0. The summed E-state index contributed by atoms with van der Waals surface area (Å²) in [6.45, 7) is 1.54. The molecule has 2 aromatic carbocycles. The van der Waals surface area contributed by atoms with Crippen molar-refractivity contribution in [3.05, 3.63) is 59.9 Å². The van der Waals surface area contributed by atoms with Gasteiger partial charge in [0.15, 0.2) is 0 Å². The molecule has 0 aliphatic carbocycles. The van der Waals surface area contributed by atoms with E-state index in [0.717, 1.165) is 0 Å². The number of benzene rings is 2. The van der Waals surface area contributed by atoms with Gasteiger partial charge in [0.2, 0.25) is 10.0 Å². The van der Waals surface area contributed by atoms with Crippen LogP contribution in [0.25, 0.3) is 0 Å². The number of halogens is 1. The van der Waals surface area contributed by atoms with Gasteiger partial charge in [-0.2, -0.15) is 0 Å². The Bertz CT molecular complexity index is 787. The molecular weight excluding hydrogens is 319 g/mol. The second kappa shape index (κ2) is 6.78. The highest BCUT2D eigenvalue weighted by Gasteiger charge is 2.14. The van der Waals surface area contributed by atoms with Gasteiger partial charge in [0.25, 0.3) is 5.91 Å². The smallest absolute Gasteiger partial charge is 0.258 e. The Hall–Kier alpha value is -2.41. The summed E-state index contributed by atoms with van der Waals surface area (Å²) >= 11 is 0. The maximum absolute atomic E-state index is 12.9. The standard InChI is InChI=1S/C16H17FN2O3S/c1-3-23(21,22)18-14-8-4-12(5-9-14)16(20)19(2)15-10-6-13(17)7-11-15/h4-11,18H,3H2,1-2H3. The molecule has 0 heterocycles. The number of carbonyl (C=O) groups excluding carboxylic acids is 1. The summed E-state index contributed by atoms with van der Waals surface area (Å²) in [7, 11) is -1.76. The van der Waals surface area contributed by atoms with E-state index in [0.29, 0.717) is 16.9 Å². The van der Waals surface area contributed by atoms with Crippen LogP contribution in [0.4, 0.5) is 15.8 Å². The Labute approximate surface area is 134 Å². The lowest BCUT2D eigenvalue weighted by Gasteiger charge is -2.17. The minimum absolute atomic E-state index is 0.0268. The first-order valence-corrected chi connectivity index (χ1v) is 8.62. The number of rotatable bonds is 5. The summed E-state index contributed by atoms with van der Waals surface area (Å²) in [5, 5.41) is 0. The van der Waals surface area contributed by atoms with Crippen molar-refractivity contribution >= 4 is 27.3 Å². The van der Waals surface area contributed by atoms with Gasteiger partial charge in [-0.3, -0.25) is 9.52 Å². The predicted octanol–water partition coefficient (Wildman–Crippen LogP) is 2.86. The minimum Gasteiger partial charge on any atom is -0.311 e. The number of nitrogens with zero attached hydrogens (tertiary/aromatic N) is 1. The fourth-order valence-electron chi connectivity index (χ4n) is 1.91. The van der Waals surface area contributed by atoms with E-state index in [-0.39, 0.29) is 17.5 Å². The molecular formula is C16H17FN2O3S. The second-order valence-electron chi connectivity index (χ2n) is 4.92. The molecule has 5 nitrogen and oxygen atoms in total. The molecule has 2 rings (SSSR count). The van der Waals surface area contributed by atoms with Crippen LogP contribution in [0.5, 0.6) is 0 Å². The van der Waals surface area contributed by atoms with E-state index < -0.39 is 10.0 Å². The maximum atomic E-state index is 12.9. The van der Waals surface area contributed by atoms with Gasteiger partial charge < -0.3 is 4.90 Å². The lowest BCUT2D eigenvalue weighted by Crippen LogP contribution is -2.26. The van der Waals surface area contributed by atoms with Crippen LogP contribution in [0.3, 0.4) is 0 Å². The maximum Gasteiger partial charge on any atom is 0.258 e. The first-order valence-electron chi connectivity index (χ1n) is 6.96. The zero-order valence-corrected chi connectivity index (χ0v) is 13.6. The second-order valence-corrected chi connectivity index (χ2v) is 6.93. The third kappa shape index (κ3) is 4.29. The van der Waals surface area contributed by atoms with Crippen LogP contribution in [0.2, 0.25) is 0 Å². The van der Waals surface area contributed by atoms with E-state index in [1.807, 2.05) is 0 Å². The molecule has 1 N–H and O–H groups in total. The van der Waals surface area contributed by atoms with Crippen molar-refractivity contribution in [2.75, 3.05) is 22.4 Å². The number of anilines is 2. The predicted molar refractivity (Wildman–Crippen MR) is 88.7 cm³/mol. The van der Waals surface area contributed by atoms with Crippen LogP contribution in [0, 0.1) is 5.82 Å². The van der Waals surface area contributed by atoms with Crippen LogP contribution in [-0.4, -0.2) is 27.1 Å². The molecule has 23 heavy (non-hydrogen) atoms. The number of hydrogen-bond donors (Lipinski definition) is 1. The quantitative estimate of drug-likeness (QED) is 0.913. The molecule has 0 aromatic heterocycles. The van der Waals surface area contributed by atoms with Crippen molar-refractivity contribution in [2.45, 2.75) is 6.92 Å². The summed E-state index contributed by atoms with van der Waals surface area (Å²) in [5.74, 6) is -0.676. The van der Waals surface area contributed by atoms with Crippen LogP contribution < -0.4 is 9.62 Å². The average Bonchev–Trinajstić information content (AvgIpc) is 2.54. The average molecular weight is 336 g/mol. The van der Waals surface area contributed by atoms with Crippen molar-refractivity contribution < 1.29 is 17.6 Å². The van der Waals surface area contributed by atoms with Crippen LogP contribution in [0.1, 0.15) is 17.3 Å². The van der Waals surface area contributed by atoms with Crippen LogP contribution in [-0.2, 0) is 10.0 Å². The Kier molecular flexibility index (Phi) is 5.00. The lowest BCUT2D eigenvalue weighted by atomic mass is 10.1. The SMILES string of the molecule is CCS(=O)(=O)Nc1ccc(C(=O)N(C)c2ccc(F)cc2)cc1. The summed E-state index contributed by atoms with van der Waals surface area (Å²) < 4.78 is 38.3. The molecule has 122 valence electrons. The van der Waals surface area contributed by atoms with Crippen LogP contribution in [0.15, 0.2) is 48.5 Å². The zero-order valence-electron chi connectivity index (χ0n) is 12.8. The summed E-state index contributed by atoms with van der Waals surface area (Å²) in [4.78, 5) is 13.8. The minimum atomic E-state index is -3.35. The molecule has 0 saturated heterocycles. The molecule has 0 aliphatic heterocycles. The van der Waals surface area contributed by atoms with Gasteiger partial charge in [-0.25, -0.2) is 12.8 Å². The van der Waals surface area contributed by atoms with E-state index in [2.05, 4.69) is 4.72 Å². The fourth-order valence-corrected chi connectivity index (χ4v) is 2.55. The molecule has 0 bridgehead atoms. The first-order chi connectivity index (χ1) is 10.8. The van der Waals surface area contributed by atoms with Gasteiger partial charge in [-0.1, -0.05) is 0 Å². The van der Waals surface area contributed by atoms with Gasteiger partial charge >= 0.3 is 0 Å².